The minimum absolute atomic E-state index is 0.144. The third-order valence-electron chi connectivity index (χ3n) is 4.61. The second kappa shape index (κ2) is 9.34. The van der Waals surface area contributed by atoms with Gasteiger partial charge in [0.1, 0.15) is 11.9 Å². The zero-order valence-electron chi connectivity index (χ0n) is 17.1. The number of nitrogens with one attached hydrogen (secondary N) is 1. The molecular weight excluding hydrogens is 378 g/mol. The zero-order chi connectivity index (χ0) is 20.9. The van der Waals surface area contributed by atoms with E-state index in [2.05, 4.69) is 9.97 Å². The van der Waals surface area contributed by atoms with Crippen molar-refractivity contribution in [2.45, 2.75) is 51.0 Å². The fourth-order valence-corrected chi connectivity index (χ4v) is 4.29. The molecule has 1 aromatic carbocycles. The van der Waals surface area contributed by atoms with Crippen LogP contribution in [0, 0.1) is 5.92 Å². The van der Waals surface area contributed by atoms with E-state index in [0.29, 0.717) is 12.8 Å². The van der Waals surface area contributed by atoms with Gasteiger partial charge in [-0.05, 0) is 30.0 Å². The number of esters is 1. The van der Waals surface area contributed by atoms with Gasteiger partial charge in [-0.1, -0.05) is 32.9 Å². The fourth-order valence-electron chi connectivity index (χ4n) is 2.97. The molecule has 0 radical (unpaired) electrons. The van der Waals surface area contributed by atoms with E-state index in [1.165, 1.54) is 14.2 Å². The molecule has 0 unspecified atom stereocenters. The Balaban J connectivity index is 2.20. The number of aromatic amines is 1. The first-order valence-electron chi connectivity index (χ1n) is 9.37. The molecule has 0 saturated carbocycles. The first kappa shape index (κ1) is 22.1. The van der Waals surface area contributed by atoms with Crippen molar-refractivity contribution in [2.24, 2.45) is 5.92 Å². The van der Waals surface area contributed by atoms with Crippen molar-refractivity contribution in [3.63, 3.8) is 0 Å². The number of hydrogen-bond donors (Lipinski definition) is 1. The maximum atomic E-state index is 13.0. The number of methoxy groups -OCH3 is 1. The van der Waals surface area contributed by atoms with Gasteiger partial charge in [0.05, 0.1) is 17.7 Å². The van der Waals surface area contributed by atoms with Gasteiger partial charge in [0.25, 0.3) is 0 Å². The quantitative estimate of drug-likeness (QED) is 0.645. The number of ether oxygens (including phenoxy) is 1. The number of carbonyl (C=O) groups is 1. The number of aromatic nitrogens is 2. The first-order valence-corrected chi connectivity index (χ1v) is 10.8. The summed E-state index contributed by atoms with van der Waals surface area (Å²) in [7, 11) is -1.13. The van der Waals surface area contributed by atoms with Crippen molar-refractivity contribution in [1.29, 1.82) is 0 Å². The van der Waals surface area contributed by atoms with Crippen LogP contribution in [0.2, 0.25) is 0 Å². The van der Waals surface area contributed by atoms with Crippen LogP contribution in [0.3, 0.4) is 0 Å². The van der Waals surface area contributed by atoms with E-state index in [0.717, 1.165) is 27.8 Å². The van der Waals surface area contributed by atoms with Crippen LogP contribution in [0.1, 0.15) is 44.3 Å². The predicted molar refractivity (Wildman–Crippen MR) is 107 cm³/mol. The normalized spacial score (nSPS) is 13.1. The predicted octanol–water partition coefficient (Wildman–Crippen LogP) is 2.77. The van der Waals surface area contributed by atoms with Gasteiger partial charge in [0.2, 0.25) is 10.0 Å². The molecule has 0 bridgehead atoms. The number of likely N-dealkylation sites (N-methyl/N-ethyl adjacent to an activating group) is 1. The number of nitrogens with zero attached hydrogens (tertiary/aromatic N) is 2. The van der Waals surface area contributed by atoms with Crippen LogP contribution in [0.25, 0.3) is 0 Å². The summed E-state index contributed by atoms with van der Waals surface area (Å²) in [5.41, 5.74) is 1.87. The first-order chi connectivity index (χ1) is 13.2. The van der Waals surface area contributed by atoms with Crippen molar-refractivity contribution in [3.8, 4) is 0 Å². The average molecular weight is 408 g/mol. The maximum Gasteiger partial charge on any atom is 0.324 e. The number of hydrogen-bond acceptors (Lipinski definition) is 5. The highest BCUT2D eigenvalue weighted by molar-refractivity contribution is 7.89. The van der Waals surface area contributed by atoms with Crippen LogP contribution in [0.15, 0.2) is 35.4 Å². The second-order valence-corrected chi connectivity index (χ2v) is 9.20. The minimum atomic E-state index is -3.82. The molecule has 0 aliphatic rings. The molecule has 2 rings (SSSR count). The van der Waals surface area contributed by atoms with E-state index in [4.69, 9.17) is 4.74 Å². The molecule has 8 heteroatoms. The molecule has 1 aromatic heterocycles. The van der Waals surface area contributed by atoms with Crippen molar-refractivity contribution in [3.05, 3.63) is 47.5 Å². The van der Waals surface area contributed by atoms with Gasteiger partial charge in [-0.3, -0.25) is 4.79 Å². The van der Waals surface area contributed by atoms with Gasteiger partial charge in [-0.25, -0.2) is 13.4 Å². The smallest absolute Gasteiger partial charge is 0.324 e. The van der Waals surface area contributed by atoms with E-state index >= 15 is 0 Å². The van der Waals surface area contributed by atoms with E-state index in [-0.39, 0.29) is 10.8 Å². The van der Waals surface area contributed by atoms with Gasteiger partial charge in [-0.15, -0.1) is 0 Å². The number of sulfonamides is 1. The summed E-state index contributed by atoms with van der Waals surface area (Å²) in [4.78, 5) is 19.8. The molecule has 1 N–H and O–H groups in total. The monoisotopic (exact) mass is 407 g/mol. The lowest BCUT2D eigenvalue weighted by atomic mass is 10.0. The number of imidazole rings is 1. The lowest BCUT2D eigenvalue weighted by Gasteiger charge is -2.26. The molecule has 0 fully saturated rings. The number of carbonyl (C=O) groups excluding carboxylic acids is 1. The summed E-state index contributed by atoms with van der Waals surface area (Å²) in [6.45, 7) is 5.90. The van der Waals surface area contributed by atoms with E-state index in [9.17, 15) is 13.2 Å². The summed E-state index contributed by atoms with van der Waals surface area (Å²) >= 11 is 0. The van der Waals surface area contributed by atoms with Crippen LogP contribution in [0.4, 0.5) is 0 Å². The zero-order valence-corrected chi connectivity index (χ0v) is 17.9. The minimum Gasteiger partial charge on any atom is -0.468 e. The van der Waals surface area contributed by atoms with Crippen molar-refractivity contribution in [2.75, 3.05) is 14.2 Å². The summed E-state index contributed by atoms with van der Waals surface area (Å²) in [6, 6.07) is 5.83. The second-order valence-electron chi connectivity index (χ2n) is 7.20. The summed E-state index contributed by atoms with van der Waals surface area (Å²) in [5, 5.41) is 0. The Kier molecular flexibility index (Phi) is 7.37. The molecule has 0 spiro atoms. The van der Waals surface area contributed by atoms with E-state index in [1.807, 2.05) is 27.0 Å². The number of benzene rings is 1. The van der Waals surface area contributed by atoms with Gasteiger partial charge in [0, 0.05) is 26.1 Å². The van der Waals surface area contributed by atoms with Crippen LogP contribution >= 0.6 is 0 Å². The average Bonchev–Trinajstić information content (AvgIpc) is 3.12. The highest BCUT2D eigenvalue weighted by Crippen LogP contribution is 2.22. The third kappa shape index (κ3) is 5.20. The summed E-state index contributed by atoms with van der Waals surface area (Å²) in [5.74, 6) is 0.516. The van der Waals surface area contributed by atoms with Crippen molar-refractivity contribution >= 4 is 16.0 Å². The standard InChI is InChI=1S/C20H29N3O4S/c1-6-19-21-13-16(22-19)12-15-7-9-17(10-8-15)28(25,26)23(4)18(11-14(2)3)20(24)27-5/h7-10,13-14,18H,6,11-12H2,1-5H3,(H,21,22)/t18-/m0/s1. The Morgan fingerprint density at radius 2 is 1.89 bits per heavy atom. The molecule has 0 aliphatic carbocycles. The van der Waals surface area contributed by atoms with Gasteiger partial charge >= 0.3 is 5.97 Å². The Hall–Kier alpha value is -2.19. The van der Waals surface area contributed by atoms with Gasteiger partial charge in [0.15, 0.2) is 0 Å². The lowest BCUT2D eigenvalue weighted by Crippen LogP contribution is -2.43. The molecule has 7 nitrogen and oxygen atoms in total. The largest absolute Gasteiger partial charge is 0.468 e. The Bertz CT molecular complexity index is 888. The van der Waals surface area contributed by atoms with E-state index < -0.39 is 22.0 Å². The molecule has 0 amide bonds. The number of rotatable bonds is 9. The molecule has 2 aromatic rings. The Morgan fingerprint density at radius 3 is 2.39 bits per heavy atom. The lowest BCUT2D eigenvalue weighted by molar-refractivity contribution is -0.145. The molecule has 28 heavy (non-hydrogen) atoms. The fraction of sp³-hybridized carbons (Fsp3) is 0.500. The third-order valence-corrected chi connectivity index (χ3v) is 6.49. The molecular formula is C20H29N3O4S. The van der Waals surface area contributed by atoms with Crippen molar-refractivity contribution < 1.29 is 17.9 Å². The van der Waals surface area contributed by atoms with Crippen LogP contribution in [-0.4, -0.2) is 48.9 Å². The SMILES string of the molecule is CCc1nc(Cc2ccc(S(=O)(=O)N(C)[C@@H](CC(C)C)C(=O)OC)cc2)c[nH]1. The Labute approximate surface area is 167 Å². The Morgan fingerprint density at radius 1 is 1.25 bits per heavy atom. The molecule has 0 aliphatic heterocycles. The summed E-state index contributed by atoms with van der Waals surface area (Å²) in [6.07, 6.45) is 3.70. The number of H-pyrrole nitrogens is 1. The highest BCUT2D eigenvalue weighted by atomic mass is 32.2. The molecule has 1 atom stereocenters. The van der Waals surface area contributed by atoms with E-state index in [1.54, 1.807) is 24.3 Å². The maximum absolute atomic E-state index is 13.0. The van der Waals surface area contributed by atoms with Crippen LogP contribution in [0.5, 0.6) is 0 Å². The van der Waals surface area contributed by atoms with Crippen LogP contribution < -0.4 is 0 Å². The van der Waals surface area contributed by atoms with Crippen molar-refractivity contribution in [1.82, 2.24) is 14.3 Å². The summed E-state index contributed by atoms with van der Waals surface area (Å²) < 4.78 is 31.9. The highest BCUT2D eigenvalue weighted by Gasteiger charge is 2.34. The molecule has 0 saturated heterocycles. The molecule has 154 valence electrons. The van der Waals surface area contributed by atoms with Crippen LogP contribution in [-0.2, 0) is 32.4 Å². The molecule has 1 heterocycles. The van der Waals surface area contributed by atoms with Gasteiger partial charge < -0.3 is 9.72 Å². The topological polar surface area (TPSA) is 92.4 Å². The van der Waals surface area contributed by atoms with Gasteiger partial charge in [-0.2, -0.15) is 4.31 Å². The number of aryl methyl sites for hydroxylation is 1.